The number of methoxy groups -OCH3 is 2. The molecule has 1 unspecified atom stereocenters. The number of carbonyl (C=O) groups is 2. The first-order valence-corrected chi connectivity index (χ1v) is 11.6. The molecule has 1 atom stereocenters. The summed E-state index contributed by atoms with van der Waals surface area (Å²) in [6.45, 7) is 0.678. The second-order valence-corrected chi connectivity index (χ2v) is 7.98. The van der Waals surface area contributed by atoms with Gasteiger partial charge in [-0.1, -0.05) is 55.3 Å². The van der Waals surface area contributed by atoms with Crippen LogP contribution in [0.2, 0.25) is 0 Å². The lowest BCUT2D eigenvalue weighted by Gasteiger charge is -2.21. The molecule has 0 bridgehead atoms. The Bertz CT molecular complexity index is 863. The maximum atomic E-state index is 12.1. The molecule has 0 saturated heterocycles. The van der Waals surface area contributed by atoms with Gasteiger partial charge in [0.25, 0.3) is 0 Å². The standard InChI is InChI=1S/C27H36O6/c1-31-26(29)20-25(23-16-8-6-13-21(23)12-5-3-4-10-18-28)33-19-11-15-22-14-7-9-17-24(22)27(30)32-2/h6-9,13-14,16-17,25,28H,3-5,10-12,15,18-20H2,1-2H3. The molecule has 33 heavy (non-hydrogen) atoms. The molecule has 2 aromatic rings. The van der Waals surface area contributed by atoms with E-state index >= 15 is 0 Å². The first-order chi connectivity index (χ1) is 16.1. The molecule has 6 heteroatoms. The molecular weight excluding hydrogens is 420 g/mol. The Morgan fingerprint density at radius 2 is 1.48 bits per heavy atom. The van der Waals surface area contributed by atoms with E-state index in [9.17, 15) is 9.59 Å². The SMILES string of the molecule is COC(=O)CC(OCCCc1ccccc1C(=O)OC)c1ccccc1CCCCCCO. The van der Waals surface area contributed by atoms with Gasteiger partial charge in [-0.2, -0.15) is 0 Å². The van der Waals surface area contributed by atoms with E-state index in [2.05, 4.69) is 6.07 Å². The Hall–Kier alpha value is -2.70. The fraction of sp³-hybridized carbons (Fsp3) is 0.481. The van der Waals surface area contributed by atoms with Crippen molar-refractivity contribution in [1.82, 2.24) is 0 Å². The predicted octanol–water partition coefficient (Wildman–Crippen LogP) is 4.82. The first kappa shape index (κ1) is 26.6. The third-order valence-electron chi connectivity index (χ3n) is 5.67. The summed E-state index contributed by atoms with van der Waals surface area (Å²) in [5, 5.41) is 8.95. The Morgan fingerprint density at radius 3 is 2.21 bits per heavy atom. The van der Waals surface area contributed by atoms with Gasteiger partial charge >= 0.3 is 11.9 Å². The normalized spacial score (nSPS) is 11.7. The topological polar surface area (TPSA) is 82.1 Å². The van der Waals surface area contributed by atoms with Gasteiger partial charge in [0, 0.05) is 13.2 Å². The largest absolute Gasteiger partial charge is 0.469 e. The Labute approximate surface area is 196 Å². The number of hydrogen-bond acceptors (Lipinski definition) is 6. The quantitative estimate of drug-likeness (QED) is 0.306. The van der Waals surface area contributed by atoms with E-state index < -0.39 is 0 Å². The Balaban J connectivity index is 2.02. The Morgan fingerprint density at radius 1 is 0.818 bits per heavy atom. The maximum absolute atomic E-state index is 12.1. The number of aliphatic hydroxyl groups is 1. The summed E-state index contributed by atoms with van der Waals surface area (Å²) in [6, 6.07) is 15.5. The minimum Gasteiger partial charge on any atom is -0.469 e. The van der Waals surface area contributed by atoms with Crippen LogP contribution in [-0.4, -0.2) is 44.5 Å². The molecule has 180 valence electrons. The summed E-state index contributed by atoms with van der Waals surface area (Å²) < 4.78 is 16.0. The average Bonchev–Trinajstić information content (AvgIpc) is 2.85. The minimum atomic E-state index is -0.387. The van der Waals surface area contributed by atoms with Crippen LogP contribution in [0, 0.1) is 0 Å². The Kier molecular flexibility index (Phi) is 12.2. The van der Waals surface area contributed by atoms with E-state index in [1.165, 1.54) is 19.8 Å². The highest BCUT2D eigenvalue weighted by atomic mass is 16.5. The fourth-order valence-electron chi connectivity index (χ4n) is 3.89. The van der Waals surface area contributed by atoms with Crippen LogP contribution in [0.5, 0.6) is 0 Å². The molecule has 0 saturated carbocycles. The second kappa shape index (κ2) is 15.2. The number of carbonyl (C=O) groups excluding carboxylic acids is 2. The summed E-state index contributed by atoms with van der Waals surface area (Å²) in [5.74, 6) is -0.656. The first-order valence-electron chi connectivity index (χ1n) is 11.6. The molecule has 0 spiro atoms. The van der Waals surface area contributed by atoms with Crippen molar-refractivity contribution in [3.8, 4) is 0 Å². The number of esters is 2. The summed E-state index contributed by atoms with van der Waals surface area (Å²) in [7, 11) is 2.76. The van der Waals surface area contributed by atoms with Gasteiger partial charge in [-0.25, -0.2) is 4.79 Å². The number of hydrogen-bond donors (Lipinski definition) is 1. The molecule has 0 aliphatic carbocycles. The van der Waals surface area contributed by atoms with Crippen molar-refractivity contribution in [3.63, 3.8) is 0 Å². The van der Waals surface area contributed by atoms with Crippen LogP contribution in [0.15, 0.2) is 48.5 Å². The zero-order chi connectivity index (χ0) is 23.9. The lowest BCUT2D eigenvalue weighted by molar-refractivity contribution is -0.144. The van der Waals surface area contributed by atoms with E-state index in [0.717, 1.165) is 43.2 Å². The predicted molar refractivity (Wildman–Crippen MR) is 127 cm³/mol. The summed E-state index contributed by atoms with van der Waals surface area (Å²) in [5.41, 5.74) is 3.67. The van der Waals surface area contributed by atoms with Gasteiger partial charge in [-0.15, -0.1) is 0 Å². The monoisotopic (exact) mass is 456 g/mol. The van der Waals surface area contributed by atoms with Gasteiger partial charge in [0.1, 0.15) is 0 Å². The van der Waals surface area contributed by atoms with Crippen molar-refractivity contribution in [2.24, 2.45) is 0 Å². The molecule has 0 aromatic heterocycles. The van der Waals surface area contributed by atoms with Crippen LogP contribution >= 0.6 is 0 Å². The maximum Gasteiger partial charge on any atom is 0.338 e. The molecule has 0 amide bonds. The van der Waals surface area contributed by atoms with Gasteiger partial charge in [0.05, 0.1) is 32.3 Å². The number of rotatable bonds is 15. The second-order valence-electron chi connectivity index (χ2n) is 7.98. The van der Waals surface area contributed by atoms with Crippen LogP contribution in [0.4, 0.5) is 0 Å². The van der Waals surface area contributed by atoms with Crippen molar-refractivity contribution < 1.29 is 28.9 Å². The third kappa shape index (κ3) is 8.98. The van der Waals surface area contributed by atoms with E-state index in [1.54, 1.807) is 6.07 Å². The van der Waals surface area contributed by atoms with Crippen molar-refractivity contribution in [2.45, 2.75) is 57.5 Å². The molecule has 0 aliphatic heterocycles. The number of aryl methyl sites for hydroxylation is 2. The van der Waals surface area contributed by atoms with Crippen molar-refractivity contribution >= 4 is 11.9 Å². The molecule has 2 aromatic carbocycles. The summed E-state index contributed by atoms with van der Waals surface area (Å²) in [4.78, 5) is 24.0. The van der Waals surface area contributed by atoms with Crippen molar-refractivity contribution in [2.75, 3.05) is 27.4 Å². The van der Waals surface area contributed by atoms with Crippen LogP contribution in [0.1, 0.15) is 71.7 Å². The number of ether oxygens (including phenoxy) is 3. The van der Waals surface area contributed by atoms with E-state index in [0.29, 0.717) is 25.0 Å². The molecule has 2 rings (SSSR count). The van der Waals surface area contributed by atoms with E-state index in [-0.39, 0.29) is 31.1 Å². The number of benzene rings is 2. The van der Waals surface area contributed by atoms with Gasteiger partial charge in [0.2, 0.25) is 0 Å². The molecule has 0 fully saturated rings. The van der Waals surface area contributed by atoms with E-state index in [1.807, 2.05) is 36.4 Å². The summed E-state index contributed by atoms with van der Waals surface area (Å²) >= 11 is 0. The van der Waals surface area contributed by atoms with E-state index in [4.69, 9.17) is 19.3 Å². The average molecular weight is 457 g/mol. The molecule has 0 aliphatic rings. The number of unbranched alkanes of at least 4 members (excludes halogenated alkanes) is 3. The smallest absolute Gasteiger partial charge is 0.338 e. The molecular formula is C27H36O6. The fourth-order valence-corrected chi connectivity index (χ4v) is 3.89. The minimum absolute atomic E-state index is 0.150. The van der Waals surface area contributed by atoms with Crippen LogP contribution in [-0.2, 0) is 31.8 Å². The molecule has 0 radical (unpaired) electrons. The zero-order valence-electron chi connectivity index (χ0n) is 19.8. The molecule has 0 heterocycles. The van der Waals surface area contributed by atoms with Crippen molar-refractivity contribution in [3.05, 3.63) is 70.8 Å². The van der Waals surface area contributed by atoms with Gasteiger partial charge < -0.3 is 19.3 Å². The molecule has 1 N–H and O–H groups in total. The zero-order valence-corrected chi connectivity index (χ0v) is 19.8. The third-order valence-corrected chi connectivity index (χ3v) is 5.67. The number of aliphatic hydroxyl groups excluding tert-OH is 1. The lowest BCUT2D eigenvalue weighted by Crippen LogP contribution is -2.15. The summed E-state index contributed by atoms with van der Waals surface area (Å²) in [6.07, 6.45) is 5.94. The van der Waals surface area contributed by atoms with Crippen LogP contribution in [0.3, 0.4) is 0 Å². The van der Waals surface area contributed by atoms with Gasteiger partial charge in [-0.05, 0) is 54.9 Å². The highest BCUT2D eigenvalue weighted by Crippen LogP contribution is 2.27. The lowest BCUT2D eigenvalue weighted by atomic mass is 9.95. The highest BCUT2D eigenvalue weighted by molar-refractivity contribution is 5.90. The van der Waals surface area contributed by atoms with Crippen LogP contribution in [0.25, 0.3) is 0 Å². The van der Waals surface area contributed by atoms with Gasteiger partial charge in [-0.3, -0.25) is 4.79 Å². The van der Waals surface area contributed by atoms with Crippen molar-refractivity contribution in [1.29, 1.82) is 0 Å². The molecule has 6 nitrogen and oxygen atoms in total. The van der Waals surface area contributed by atoms with Gasteiger partial charge in [0.15, 0.2) is 0 Å². The van der Waals surface area contributed by atoms with Crippen LogP contribution < -0.4 is 0 Å². The highest BCUT2D eigenvalue weighted by Gasteiger charge is 2.20.